The molecule has 1 aliphatic rings. The molecule has 1 aliphatic carbocycles. The highest BCUT2D eigenvalue weighted by molar-refractivity contribution is 5.32. The summed E-state index contributed by atoms with van der Waals surface area (Å²) in [5, 5.41) is 3.55. The molecule has 1 saturated carbocycles. The fraction of sp³-hybridized carbons (Fsp3) is 0.647. The number of hydrogen-bond donors (Lipinski definition) is 1. The van der Waals surface area contributed by atoms with Crippen molar-refractivity contribution in [3.8, 4) is 5.75 Å². The normalized spacial score (nSPS) is 22.4. The number of nitrogens with one attached hydrogen (secondary N) is 1. The predicted octanol–water partition coefficient (Wildman–Crippen LogP) is 3.96. The number of methoxy groups -OCH3 is 1. The number of halogens is 1. The van der Waals surface area contributed by atoms with E-state index < -0.39 is 0 Å². The lowest BCUT2D eigenvalue weighted by atomic mass is 9.88. The summed E-state index contributed by atoms with van der Waals surface area (Å²) >= 11 is 0. The molecule has 0 heterocycles. The van der Waals surface area contributed by atoms with Gasteiger partial charge in [0.25, 0.3) is 0 Å². The van der Waals surface area contributed by atoms with Crippen molar-refractivity contribution >= 4 is 0 Å². The van der Waals surface area contributed by atoms with Crippen LogP contribution in [0.25, 0.3) is 0 Å². The van der Waals surface area contributed by atoms with Crippen molar-refractivity contribution in [2.75, 3.05) is 20.2 Å². The van der Waals surface area contributed by atoms with Gasteiger partial charge in [0.15, 0.2) is 11.6 Å². The maximum atomic E-state index is 13.8. The molecule has 2 rings (SSSR count). The van der Waals surface area contributed by atoms with Crippen LogP contribution in [-0.4, -0.2) is 20.2 Å². The Kier molecular flexibility index (Phi) is 5.41. The summed E-state index contributed by atoms with van der Waals surface area (Å²) in [5.41, 5.74) is 1.12. The van der Waals surface area contributed by atoms with Crippen LogP contribution in [0.15, 0.2) is 18.2 Å². The van der Waals surface area contributed by atoms with E-state index in [9.17, 15) is 4.39 Å². The molecule has 2 atom stereocenters. The molecule has 1 fully saturated rings. The average molecular weight is 279 g/mol. The molecule has 2 unspecified atom stereocenters. The van der Waals surface area contributed by atoms with Gasteiger partial charge >= 0.3 is 0 Å². The zero-order valence-corrected chi connectivity index (χ0v) is 12.8. The van der Waals surface area contributed by atoms with Crippen LogP contribution in [0.5, 0.6) is 5.75 Å². The van der Waals surface area contributed by atoms with E-state index in [-0.39, 0.29) is 5.82 Å². The molecule has 1 aromatic carbocycles. The van der Waals surface area contributed by atoms with Gasteiger partial charge in [0.1, 0.15) is 0 Å². The van der Waals surface area contributed by atoms with Crippen LogP contribution in [-0.2, 0) is 0 Å². The van der Waals surface area contributed by atoms with Crippen molar-refractivity contribution < 1.29 is 9.13 Å². The first kappa shape index (κ1) is 15.3. The third-order valence-corrected chi connectivity index (χ3v) is 4.22. The zero-order valence-electron chi connectivity index (χ0n) is 12.8. The maximum Gasteiger partial charge on any atom is 0.165 e. The molecule has 3 heteroatoms. The van der Waals surface area contributed by atoms with E-state index >= 15 is 0 Å². The first-order valence-corrected chi connectivity index (χ1v) is 7.66. The van der Waals surface area contributed by atoms with Crippen LogP contribution in [0, 0.1) is 17.7 Å². The first-order valence-electron chi connectivity index (χ1n) is 7.66. The topological polar surface area (TPSA) is 21.3 Å². The van der Waals surface area contributed by atoms with Crippen LogP contribution in [0.2, 0.25) is 0 Å². The molecule has 0 bridgehead atoms. The third-order valence-electron chi connectivity index (χ3n) is 4.22. The zero-order chi connectivity index (χ0) is 14.5. The van der Waals surface area contributed by atoms with Crippen LogP contribution < -0.4 is 10.1 Å². The molecule has 0 radical (unpaired) electrons. The third kappa shape index (κ3) is 3.72. The number of ether oxygens (including phenoxy) is 1. The second kappa shape index (κ2) is 7.07. The molecular weight excluding hydrogens is 253 g/mol. The minimum atomic E-state index is -0.245. The largest absolute Gasteiger partial charge is 0.494 e. The monoisotopic (exact) mass is 279 g/mol. The van der Waals surface area contributed by atoms with Crippen LogP contribution in [0.3, 0.4) is 0 Å². The lowest BCUT2D eigenvalue weighted by molar-refractivity contribution is 0.384. The highest BCUT2D eigenvalue weighted by Crippen LogP contribution is 2.40. The molecule has 1 aromatic rings. The number of benzene rings is 1. The SMILES string of the molecule is COc1ccc(C2CCCC2CNCC(C)C)cc1F. The van der Waals surface area contributed by atoms with Gasteiger partial charge in [0, 0.05) is 0 Å². The molecule has 0 aromatic heterocycles. The Labute approximate surface area is 121 Å². The summed E-state index contributed by atoms with van der Waals surface area (Å²) in [4.78, 5) is 0. The molecule has 0 aliphatic heterocycles. The van der Waals surface area contributed by atoms with E-state index in [4.69, 9.17) is 4.74 Å². The first-order chi connectivity index (χ1) is 9.61. The van der Waals surface area contributed by atoms with E-state index in [0.29, 0.717) is 23.5 Å². The molecule has 0 spiro atoms. The summed E-state index contributed by atoms with van der Waals surface area (Å²) in [6.45, 7) is 6.53. The van der Waals surface area contributed by atoms with Gasteiger partial charge in [0.2, 0.25) is 0 Å². The van der Waals surface area contributed by atoms with Crippen molar-refractivity contribution in [3.63, 3.8) is 0 Å². The van der Waals surface area contributed by atoms with Crippen molar-refractivity contribution in [1.29, 1.82) is 0 Å². The van der Waals surface area contributed by atoms with Crippen molar-refractivity contribution in [2.45, 2.75) is 39.0 Å². The fourth-order valence-electron chi connectivity index (χ4n) is 3.19. The fourth-order valence-corrected chi connectivity index (χ4v) is 3.19. The summed E-state index contributed by atoms with van der Waals surface area (Å²) in [6, 6.07) is 5.43. The van der Waals surface area contributed by atoms with Gasteiger partial charge < -0.3 is 10.1 Å². The van der Waals surface area contributed by atoms with Gasteiger partial charge in [-0.15, -0.1) is 0 Å². The molecule has 0 amide bonds. The molecule has 2 nitrogen and oxygen atoms in total. The van der Waals surface area contributed by atoms with Crippen molar-refractivity contribution in [1.82, 2.24) is 5.32 Å². The summed E-state index contributed by atoms with van der Waals surface area (Å²) < 4.78 is 18.8. The van der Waals surface area contributed by atoms with Crippen LogP contribution in [0.1, 0.15) is 44.6 Å². The summed E-state index contributed by atoms with van der Waals surface area (Å²) in [5.74, 6) is 1.87. The summed E-state index contributed by atoms with van der Waals surface area (Å²) in [6.07, 6.45) is 3.65. The average Bonchev–Trinajstić information content (AvgIpc) is 2.86. The van der Waals surface area contributed by atoms with E-state index in [2.05, 4.69) is 19.2 Å². The van der Waals surface area contributed by atoms with E-state index in [1.54, 1.807) is 12.1 Å². The molecular formula is C17H26FNO. The Morgan fingerprint density at radius 2 is 2.15 bits per heavy atom. The highest BCUT2D eigenvalue weighted by atomic mass is 19.1. The van der Waals surface area contributed by atoms with E-state index in [1.807, 2.05) is 6.07 Å². The van der Waals surface area contributed by atoms with Gasteiger partial charge in [-0.05, 0) is 61.4 Å². The molecule has 112 valence electrons. The van der Waals surface area contributed by atoms with E-state index in [1.165, 1.54) is 26.4 Å². The second-order valence-corrected chi connectivity index (χ2v) is 6.24. The van der Waals surface area contributed by atoms with Gasteiger partial charge in [-0.1, -0.05) is 26.3 Å². The minimum absolute atomic E-state index is 0.245. The predicted molar refractivity (Wildman–Crippen MR) is 80.7 cm³/mol. The van der Waals surface area contributed by atoms with Gasteiger partial charge in [-0.3, -0.25) is 0 Å². The summed E-state index contributed by atoms with van der Waals surface area (Å²) in [7, 11) is 1.51. The molecule has 0 saturated heterocycles. The Hall–Kier alpha value is -1.09. The lowest BCUT2D eigenvalue weighted by Crippen LogP contribution is -2.27. The van der Waals surface area contributed by atoms with Crippen molar-refractivity contribution in [3.05, 3.63) is 29.6 Å². The Morgan fingerprint density at radius 3 is 2.80 bits per heavy atom. The number of rotatable bonds is 6. The van der Waals surface area contributed by atoms with Gasteiger partial charge in [-0.2, -0.15) is 0 Å². The maximum absolute atomic E-state index is 13.8. The second-order valence-electron chi connectivity index (χ2n) is 6.24. The van der Waals surface area contributed by atoms with E-state index in [0.717, 1.165) is 18.7 Å². The lowest BCUT2D eigenvalue weighted by Gasteiger charge is -2.21. The minimum Gasteiger partial charge on any atom is -0.494 e. The molecule has 20 heavy (non-hydrogen) atoms. The van der Waals surface area contributed by atoms with Gasteiger partial charge in [0.05, 0.1) is 7.11 Å². The Balaban J connectivity index is 2.01. The Morgan fingerprint density at radius 1 is 1.35 bits per heavy atom. The quantitative estimate of drug-likeness (QED) is 0.851. The van der Waals surface area contributed by atoms with Gasteiger partial charge in [-0.25, -0.2) is 4.39 Å². The van der Waals surface area contributed by atoms with Crippen molar-refractivity contribution in [2.24, 2.45) is 11.8 Å². The number of hydrogen-bond acceptors (Lipinski definition) is 2. The molecule has 1 N–H and O–H groups in total. The van der Waals surface area contributed by atoms with Crippen LogP contribution >= 0.6 is 0 Å². The van der Waals surface area contributed by atoms with Crippen LogP contribution in [0.4, 0.5) is 4.39 Å². The highest BCUT2D eigenvalue weighted by Gasteiger charge is 2.28. The Bertz CT molecular complexity index is 433. The standard InChI is InChI=1S/C17H26FNO/c1-12(2)10-19-11-14-5-4-6-15(14)13-7-8-17(20-3)16(18)9-13/h7-9,12,14-15,19H,4-6,10-11H2,1-3H3. The smallest absolute Gasteiger partial charge is 0.165 e.